The molecule has 0 amide bonds. The van der Waals surface area contributed by atoms with Crippen molar-refractivity contribution < 1.29 is 4.74 Å². The van der Waals surface area contributed by atoms with Gasteiger partial charge in [0.2, 0.25) is 0 Å². The topological polar surface area (TPSA) is 35.0 Å². The van der Waals surface area contributed by atoms with Gasteiger partial charge in [-0.3, -0.25) is 0 Å². The van der Waals surface area contributed by atoms with Crippen LogP contribution in [0.5, 0.6) is 0 Å². The maximum Gasteiger partial charge on any atom is 0.162 e. The van der Waals surface area contributed by atoms with E-state index in [1.165, 1.54) is 22.7 Å². The number of thiazole rings is 2. The third-order valence-electron chi connectivity index (χ3n) is 1.51. The Kier molecular flexibility index (Phi) is 2.85. The Hall–Kier alpha value is -0.460. The molecule has 0 saturated heterocycles. The normalized spacial score (nSPS) is 10.7. The summed E-state index contributed by atoms with van der Waals surface area (Å²) in [5, 5.41) is 0.813. The van der Waals surface area contributed by atoms with Crippen molar-refractivity contribution in [1.82, 2.24) is 9.97 Å². The van der Waals surface area contributed by atoms with E-state index in [4.69, 9.17) is 4.74 Å². The Balaban J connectivity index is 2.36. The highest BCUT2D eigenvalue weighted by atomic mass is 79.9. The predicted octanol–water partition coefficient (Wildman–Crippen LogP) is 3.52. The Labute approximate surface area is 97.6 Å². The zero-order chi connectivity index (χ0) is 10.1. The fraction of sp³-hybridized carbons (Fsp3) is 0.250. The van der Waals surface area contributed by atoms with Gasteiger partial charge in [0, 0.05) is 0 Å². The van der Waals surface area contributed by atoms with Gasteiger partial charge in [-0.25, -0.2) is 9.97 Å². The van der Waals surface area contributed by atoms with Crippen LogP contribution in [-0.2, 0) is 4.74 Å². The third kappa shape index (κ3) is 1.82. The molecule has 0 bridgehead atoms. The number of ether oxygens (including phenoxy) is 1. The summed E-state index contributed by atoms with van der Waals surface area (Å²) >= 11 is 6.33. The van der Waals surface area contributed by atoms with Crippen molar-refractivity contribution in [3.8, 4) is 0 Å². The molecule has 0 N–H and O–H groups in total. The van der Waals surface area contributed by atoms with Gasteiger partial charge >= 0.3 is 0 Å². The van der Waals surface area contributed by atoms with E-state index in [9.17, 15) is 0 Å². The molecule has 0 unspecified atom stereocenters. The summed E-state index contributed by atoms with van der Waals surface area (Å²) in [5.74, 6) is 0.624. The largest absolute Gasteiger partial charge is 0.491 e. The van der Waals surface area contributed by atoms with Gasteiger partial charge in [0.15, 0.2) is 18.6 Å². The van der Waals surface area contributed by atoms with Crippen LogP contribution in [0.4, 0.5) is 0 Å². The highest BCUT2D eigenvalue weighted by Gasteiger charge is 2.11. The molecular formula is C8H7BrN2OS2. The Morgan fingerprint density at radius 3 is 2.79 bits per heavy atom. The first-order chi connectivity index (χ1) is 6.70. The summed E-state index contributed by atoms with van der Waals surface area (Å²) in [4.78, 5) is 10.5. The maximum absolute atomic E-state index is 5.28. The first-order valence-corrected chi connectivity index (χ1v) is 6.38. The highest BCUT2D eigenvalue weighted by Crippen LogP contribution is 2.32. The summed E-state index contributed by atoms with van der Waals surface area (Å²) in [6.07, 6.45) is 0. The maximum atomic E-state index is 5.28. The smallest absolute Gasteiger partial charge is 0.162 e. The summed E-state index contributed by atoms with van der Waals surface area (Å²) in [6, 6.07) is 0. The second-order valence-corrected chi connectivity index (χ2v) is 5.68. The van der Waals surface area contributed by atoms with Crippen molar-refractivity contribution in [3.05, 3.63) is 15.5 Å². The van der Waals surface area contributed by atoms with E-state index in [-0.39, 0.29) is 0 Å². The van der Waals surface area contributed by atoms with Crippen molar-refractivity contribution in [3.63, 3.8) is 0 Å². The number of rotatable bonds is 3. The number of hydrogen-bond donors (Lipinski definition) is 0. The Bertz CT molecular complexity index is 445. The van der Waals surface area contributed by atoms with Gasteiger partial charge in [0.1, 0.15) is 5.76 Å². The molecule has 2 heterocycles. The second-order valence-electron chi connectivity index (χ2n) is 2.45. The first-order valence-electron chi connectivity index (χ1n) is 3.95. The monoisotopic (exact) mass is 290 g/mol. The van der Waals surface area contributed by atoms with Crippen LogP contribution in [0, 0.1) is 0 Å². The number of halogens is 1. The van der Waals surface area contributed by atoms with Crippen molar-refractivity contribution >= 4 is 54.0 Å². The van der Waals surface area contributed by atoms with Crippen LogP contribution in [0.15, 0.2) is 10.5 Å². The molecule has 2 aromatic heterocycles. The van der Waals surface area contributed by atoms with Crippen LogP contribution in [0.25, 0.3) is 15.4 Å². The fourth-order valence-corrected chi connectivity index (χ4v) is 3.42. The fourth-order valence-electron chi connectivity index (χ4n) is 0.973. The lowest BCUT2D eigenvalue weighted by molar-refractivity contribution is 0.299. The third-order valence-corrected chi connectivity index (χ3v) is 4.03. The average molecular weight is 291 g/mol. The van der Waals surface area contributed by atoms with E-state index in [2.05, 4.69) is 32.5 Å². The number of fused-ring (bicyclic) bond motifs is 1. The molecule has 2 rings (SSSR count). The Morgan fingerprint density at radius 2 is 2.14 bits per heavy atom. The van der Waals surface area contributed by atoms with Crippen molar-refractivity contribution in [2.24, 2.45) is 0 Å². The molecule has 14 heavy (non-hydrogen) atoms. The predicted molar refractivity (Wildman–Crippen MR) is 63.7 cm³/mol. The minimum Gasteiger partial charge on any atom is -0.491 e. The Morgan fingerprint density at radius 1 is 1.43 bits per heavy atom. The minimum absolute atomic E-state index is 0.614. The second kappa shape index (κ2) is 3.96. The molecular weight excluding hydrogens is 284 g/mol. The van der Waals surface area contributed by atoms with E-state index in [0.29, 0.717) is 12.4 Å². The first kappa shape index (κ1) is 10.1. The molecule has 0 aliphatic carbocycles. The average Bonchev–Trinajstić information content (AvgIpc) is 2.61. The van der Waals surface area contributed by atoms with Gasteiger partial charge in [-0.1, -0.05) is 29.3 Å². The molecule has 0 saturated carbocycles. The standard InChI is InChI=1S/C8H7BrN2OS2/c1-3-12-4(2)5-10-6-7(13-5)11-8(9)14-6/h2-3H2,1H3. The summed E-state index contributed by atoms with van der Waals surface area (Å²) < 4.78 is 6.14. The van der Waals surface area contributed by atoms with Crippen LogP contribution in [0.1, 0.15) is 11.9 Å². The van der Waals surface area contributed by atoms with E-state index in [0.717, 1.165) is 18.6 Å². The molecule has 74 valence electrons. The van der Waals surface area contributed by atoms with Crippen molar-refractivity contribution in [2.75, 3.05) is 6.61 Å². The lowest BCUT2D eigenvalue weighted by Gasteiger charge is -2.00. The molecule has 3 nitrogen and oxygen atoms in total. The van der Waals surface area contributed by atoms with Crippen LogP contribution in [0.3, 0.4) is 0 Å². The van der Waals surface area contributed by atoms with Gasteiger partial charge in [-0.15, -0.1) is 0 Å². The summed E-state index contributed by atoms with van der Waals surface area (Å²) in [6.45, 7) is 6.34. The van der Waals surface area contributed by atoms with Gasteiger partial charge in [0.25, 0.3) is 0 Å². The van der Waals surface area contributed by atoms with Gasteiger partial charge in [-0.2, -0.15) is 0 Å². The molecule has 0 aliphatic heterocycles. The SMILES string of the molecule is C=C(OCC)c1nc2sc(Br)nc2s1. The highest BCUT2D eigenvalue weighted by molar-refractivity contribution is 9.11. The van der Waals surface area contributed by atoms with E-state index in [1.54, 1.807) is 0 Å². The van der Waals surface area contributed by atoms with Crippen molar-refractivity contribution in [2.45, 2.75) is 6.92 Å². The van der Waals surface area contributed by atoms with Gasteiger partial charge in [-0.05, 0) is 22.9 Å². The lowest BCUT2D eigenvalue weighted by atomic mass is 10.6. The van der Waals surface area contributed by atoms with E-state index >= 15 is 0 Å². The molecule has 0 aliphatic rings. The number of hydrogen-bond acceptors (Lipinski definition) is 5. The molecule has 0 radical (unpaired) electrons. The summed E-state index contributed by atoms with van der Waals surface area (Å²) in [7, 11) is 0. The zero-order valence-corrected chi connectivity index (χ0v) is 10.6. The number of nitrogens with zero attached hydrogens (tertiary/aromatic N) is 2. The van der Waals surface area contributed by atoms with Crippen LogP contribution < -0.4 is 0 Å². The van der Waals surface area contributed by atoms with Crippen molar-refractivity contribution in [1.29, 1.82) is 0 Å². The van der Waals surface area contributed by atoms with Crippen LogP contribution in [0.2, 0.25) is 0 Å². The summed E-state index contributed by atoms with van der Waals surface area (Å²) in [5.41, 5.74) is 0. The zero-order valence-electron chi connectivity index (χ0n) is 7.41. The van der Waals surface area contributed by atoms with E-state index in [1.807, 2.05) is 6.92 Å². The number of aromatic nitrogens is 2. The minimum atomic E-state index is 0.614. The molecule has 6 heteroatoms. The molecule has 2 aromatic rings. The van der Waals surface area contributed by atoms with E-state index < -0.39 is 0 Å². The van der Waals surface area contributed by atoms with Gasteiger partial charge < -0.3 is 4.74 Å². The molecule has 0 atom stereocenters. The lowest BCUT2D eigenvalue weighted by Crippen LogP contribution is -1.87. The quantitative estimate of drug-likeness (QED) is 0.812. The van der Waals surface area contributed by atoms with Crippen LogP contribution >= 0.6 is 38.6 Å². The molecule has 0 aromatic carbocycles. The van der Waals surface area contributed by atoms with Gasteiger partial charge in [0.05, 0.1) is 6.61 Å². The van der Waals surface area contributed by atoms with Crippen LogP contribution in [-0.4, -0.2) is 16.6 Å². The molecule has 0 fully saturated rings. The molecule has 0 spiro atoms.